The molecule has 0 spiro atoms. The van der Waals surface area contributed by atoms with Crippen LogP contribution in [-0.2, 0) is 0 Å². The largest absolute Gasteiger partial charge is 0.248 e. The fourth-order valence-corrected chi connectivity index (χ4v) is 4.15. The van der Waals surface area contributed by atoms with Gasteiger partial charge in [0.25, 0.3) is 0 Å². The van der Waals surface area contributed by atoms with Crippen molar-refractivity contribution in [2.45, 2.75) is 0 Å². The molecule has 3 heteroatoms. The zero-order valence-corrected chi connectivity index (χ0v) is 16.9. The number of halogens is 2. The van der Waals surface area contributed by atoms with Crippen molar-refractivity contribution in [3.05, 3.63) is 87.8 Å². The molecule has 0 saturated carbocycles. The second-order valence-electron chi connectivity index (χ2n) is 6.37. The highest BCUT2D eigenvalue weighted by Crippen LogP contribution is 2.38. The van der Waals surface area contributed by atoms with Crippen LogP contribution in [0, 0.1) is 0 Å². The first-order valence-electron chi connectivity index (χ1n) is 8.37. The van der Waals surface area contributed by atoms with E-state index in [0.717, 1.165) is 25.4 Å². The van der Waals surface area contributed by atoms with Gasteiger partial charge in [-0.1, -0.05) is 68.3 Å². The quantitative estimate of drug-likeness (QED) is 0.232. The molecule has 0 N–H and O–H groups in total. The summed E-state index contributed by atoms with van der Waals surface area (Å²) in [4.78, 5) is 4.94. The minimum atomic E-state index is 1.01. The normalized spacial score (nSPS) is 11.5. The average molecular weight is 463 g/mol. The van der Waals surface area contributed by atoms with Crippen molar-refractivity contribution < 1.29 is 0 Å². The van der Waals surface area contributed by atoms with Gasteiger partial charge in [-0.3, -0.25) is 0 Å². The fraction of sp³-hybridized carbons (Fsp3) is 0. The Balaban J connectivity index is 1.99. The van der Waals surface area contributed by atoms with Gasteiger partial charge in [0.15, 0.2) is 0 Å². The van der Waals surface area contributed by atoms with Crippen molar-refractivity contribution in [3.63, 3.8) is 0 Å². The molecule has 0 radical (unpaired) electrons. The molecule has 0 aliphatic rings. The Labute approximate surface area is 167 Å². The van der Waals surface area contributed by atoms with E-state index in [9.17, 15) is 0 Å². The van der Waals surface area contributed by atoms with Gasteiger partial charge in [-0.15, -0.1) is 0 Å². The van der Waals surface area contributed by atoms with Crippen LogP contribution in [0.3, 0.4) is 0 Å². The van der Waals surface area contributed by atoms with E-state index in [-0.39, 0.29) is 0 Å². The molecule has 0 unspecified atom stereocenters. The van der Waals surface area contributed by atoms with Crippen LogP contribution in [-0.4, -0.2) is 4.98 Å². The Kier molecular flexibility index (Phi) is 3.80. The van der Waals surface area contributed by atoms with Gasteiger partial charge in [0.2, 0.25) is 0 Å². The Morgan fingerprint density at radius 3 is 2.00 bits per heavy atom. The summed E-state index contributed by atoms with van der Waals surface area (Å²) in [7, 11) is 0. The summed E-state index contributed by atoms with van der Waals surface area (Å²) < 4.78 is 2.14. The minimum absolute atomic E-state index is 1.01. The molecule has 0 saturated heterocycles. The second-order valence-corrected chi connectivity index (χ2v) is 8.20. The number of hydrogen-bond acceptors (Lipinski definition) is 1. The third-order valence-corrected chi connectivity index (χ3v) is 5.76. The maximum absolute atomic E-state index is 4.94. The van der Waals surface area contributed by atoms with Crippen LogP contribution in [0.4, 0.5) is 0 Å². The first kappa shape index (κ1) is 16.0. The zero-order valence-electron chi connectivity index (χ0n) is 13.7. The number of fused-ring (bicyclic) bond motifs is 3. The molecule has 1 aromatic heterocycles. The first-order chi connectivity index (χ1) is 12.7. The van der Waals surface area contributed by atoms with Gasteiger partial charge in [0.05, 0.1) is 11.0 Å². The smallest absolute Gasteiger partial charge is 0.0722 e. The molecule has 5 aromatic rings. The lowest BCUT2D eigenvalue weighted by atomic mass is 9.94. The molecule has 1 nitrogen and oxygen atoms in total. The molecule has 0 amide bonds. The van der Waals surface area contributed by atoms with E-state index in [1.54, 1.807) is 0 Å². The summed E-state index contributed by atoms with van der Waals surface area (Å²) in [5.74, 6) is 0. The molecule has 26 heavy (non-hydrogen) atoms. The van der Waals surface area contributed by atoms with Crippen LogP contribution < -0.4 is 0 Å². The lowest BCUT2D eigenvalue weighted by molar-refractivity contribution is 1.49. The summed E-state index contributed by atoms with van der Waals surface area (Å²) in [6, 6.07) is 27.7. The second kappa shape index (κ2) is 6.19. The number of nitrogens with zero attached hydrogens (tertiary/aromatic N) is 1. The van der Waals surface area contributed by atoms with E-state index in [0.29, 0.717) is 0 Å². The van der Waals surface area contributed by atoms with Crippen molar-refractivity contribution >= 4 is 64.4 Å². The molecule has 124 valence electrons. The molecule has 0 atom stereocenters. The van der Waals surface area contributed by atoms with E-state index >= 15 is 0 Å². The van der Waals surface area contributed by atoms with Crippen LogP contribution in [0.15, 0.2) is 87.8 Å². The lowest BCUT2D eigenvalue weighted by Crippen LogP contribution is -1.90. The lowest BCUT2D eigenvalue weighted by Gasteiger charge is -2.13. The molecule has 5 rings (SSSR count). The predicted octanol–water partition coefficient (Wildman–Crippen LogP) is 7.73. The van der Waals surface area contributed by atoms with Crippen molar-refractivity contribution in [3.8, 4) is 11.1 Å². The van der Waals surface area contributed by atoms with Gasteiger partial charge in [-0.2, -0.15) is 0 Å². The molecule has 0 aliphatic heterocycles. The van der Waals surface area contributed by atoms with E-state index in [1.165, 1.54) is 27.3 Å². The van der Waals surface area contributed by atoms with Gasteiger partial charge >= 0.3 is 0 Å². The Hall–Kier alpha value is -2.23. The highest BCUT2D eigenvalue weighted by atomic mass is 79.9. The summed E-state index contributed by atoms with van der Waals surface area (Å²) in [5.41, 5.74) is 4.45. The summed E-state index contributed by atoms with van der Waals surface area (Å²) in [5, 5.41) is 4.78. The van der Waals surface area contributed by atoms with Crippen LogP contribution in [0.2, 0.25) is 0 Å². The van der Waals surface area contributed by atoms with E-state index in [4.69, 9.17) is 4.98 Å². The average Bonchev–Trinajstić information content (AvgIpc) is 2.66. The number of rotatable bonds is 1. The molecule has 0 aliphatic carbocycles. The van der Waals surface area contributed by atoms with Gasteiger partial charge in [-0.25, -0.2) is 4.98 Å². The Morgan fingerprint density at radius 1 is 0.577 bits per heavy atom. The summed E-state index contributed by atoms with van der Waals surface area (Å²) in [6.07, 6.45) is 0. The molecule has 0 fully saturated rings. The summed E-state index contributed by atoms with van der Waals surface area (Å²) >= 11 is 7.16. The highest BCUT2D eigenvalue weighted by molar-refractivity contribution is 9.10. The maximum Gasteiger partial charge on any atom is 0.0722 e. The Bertz CT molecular complexity index is 1290. The van der Waals surface area contributed by atoms with Crippen LogP contribution in [0.5, 0.6) is 0 Å². The van der Waals surface area contributed by atoms with Crippen LogP contribution >= 0.6 is 31.9 Å². The van der Waals surface area contributed by atoms with E-state index in [1.807, 2.05) is 6.07 Å². The van der Waals surface area contributed by atoms with Crippen molar-refractivity contribution in [2.75, 3.05) is 0 Å². The molecular weight excluding hydrogens is 450 g/mol. The van der Waals surface area contributed by atoms with Gasteiger partial charge in [0.1, 0.15) is 0 Å². The Morgan fingerprint density at radius 2 is 1.23 bits per heavy atom. The van der Waals surface area contributed by atoms with Crippen molar-refractivity contribution in [1.82, 2.24) is 4.98 Å². The van der Waals surface area contributed by atoms with Gasteiger partial charge < -0.3 is 0 Å². The third kappa shape index (κ3) is 2.63. The first-order valence-corrected chi connectivity index (χ1v) is 9.95. The fourth-order valence-electron chi connectivity index (χ4n) is 3.53. The monoisotopic (exact) mass is 461 g/mol. The number of aromatic nitrogens is 1. The number of benzene rings is 4. The molecule has 0 bridgehead atoms. The topological polar surface area (TPSA) is 12.9 Å². The minimum Gasteiger partial charge on any atom is -0.248 e. The molecule has 4 aromatic carbocycles. The summed E-state index contributed by atoms with van der Waals surface area (Å²) in [6.45, 7) is 0. The van der Waals surface area contributed by atoms with Gasteiger partial charge in [0, 0.05) is 25.3 Å². The van der Waals surface area contributed by atoms with Crippen molar-refractivity contribution in [1.29, 1.82) is 0 Å². The third-order valence-electron chi connectivity index (χ3n) is 4.74. The standard InChI is InChI=1S/C23H13Br2N/c24-17-7-5-14(6-8-17)23-19-11-15-3-1-2-4-16(15)12-22(19)26-21-10-9-18(25)13-20(21)23/h1-13H. The SMILES string of the molecule is Brc1ccc(-c2c3cc(Br)ccc3nc3cc4ccccc4cc23)cc1. The van der Waals surface area contributed by atoms with Crippen LogP contribution in [0.1, 0.15) is 0 Å². The molecule has 1 heterocycles. The maximum atomic E-state index is 4.94. The van der Waals surface area contributed by atoms with E-state index < -0.39 is 0 Å². The highest BCUT2D eigenvalue weighted by Gasteiger charge is 2.13. The number of hydrogen-bond donors (Lipinski definition) is 0. The number of pyridine rings is 1. The van der Waals surface area contributed by atoms with E-state index in [2.05, 4.69) is 105 Å². The zero-order chi connectivity index (χ0) is 17.7. The van der Waals surface area contributed by atoms with Crippen LogP contribution in [0.25, 0.3) is 43.7 Å². The van der Waals surface area contributed by atoms with Crippen molar-refractivity contribution in [2.24, 2.45) is 0 Å². The predicted molar refractivity (Wildman–Crippen MR) is 118 cm³/mol. The van der Waals surface area contributed by atoms with Gasteiger partial charge in [-0.05, 0) is 58.8 Å². The molecular formula is C23H13Br2N.